The molecule has 0 aromatic rings. The van der Waals surface area contributed by atoms with Crippen molar-refractivity contribution in [1.29, 1.82) is 0 Å². The molecule has 0 aromatic carbocycles. The predicted molar refractivity (Wildman–Crippen MR) is 45.9 cm³/mol. The Hall–Kier alpha value is -0.260. The first-order valence-electron chi connectivity index (χ1n) is 4.22. The van der Waals surface area contributed by atoms with E-state index in [0.29, 0.717) is 5.41 Å². The van der Waals surface area contributed by atoms with Crippen LogP contribution in [0.2, 0.25) is 0 Å². The summed E-state index contributed by atoms with van der Waals surface area (Å²) in [6.45, 7) is 9.31. The zero-order valence-electron chi connectivity index (χ0n) is 7.52. The first-order chi connectivity index (χ1) is 4.54. The average molecular weight is 138 g/mol. The Morgan fingerprint density at radius 1 is 1.40 bits per heavy atom. The Bertz CT molecular complexity index is 140. The Balaban J connectivity index is 2.66. The van der Waals surface area contributed by atoms with Gasteiger partial charge >= 0.3 is 0 Å². The zero-order valence-corrected chi connectivity index (χ0v) is 7.52. The van der Waals surface area contributed by atoms with Crippen LogP contribution in [0.15, 0.2) is 12.2 Å². The van der Waals surface area contributed by atoms with E-state index in [9.17, 15) is 0 Å². The molecule has 0 aromatic heterocycles. The number of hydrogen-bond acceptors (Lipinski definition) is 0. The van der Waals surface area contributed by atoms with Crippen LogP contribution in [-0.4, -0.2) is 0 Å². The molecule has 10 heavy (non-hydrogen) atoms. The Morgan fingerprint density at radius 3 is 2.20 bits per heavy atom. The van der Waals surface area contributed by atoms with E-state index in [1.54, 1.807) is 0 Å². The number of allylic oxidation sites excluding steroid dienone is 2. The van der Waals surface area contributed by atoms with Gasteiger partial charge in [0.2, 0.25) is 0 Å². The summed E-state index contributed by atoms with van der Waals surface area (Å²) < 4.78 is 0. The maximum Gasteiger partial charge on any atom is -0.0141 e. The van der Waals surface area contributed by atoms with E-state index in [1.807, 2.05) is 0 Å². The fourth-order valence-corrected chi connectivity index (χ4v) is 2.08. The van der Waals surface area contributed by atoms with Crippen LogP contribution < -0.4 is 0 Å². The number of rotatable bonds is 1. The van der Waals surface area contributed by atoms with Gasteiger partial charge in [0.25, 0.3) is 0 Å². The summed E-state index contributed by atoms with van der Waals surface area (Å²) in [6, 6.07) is 0. The van der Waals surface area contributed by atoms with Crippen molar-refractivity contribution in [3.8, 4) is 0 Å². The molecule has 0 nitrogen and oxygen atoms in total. The molecule has 0 spiro atoms. The van der Waals surface area contributed by atoms with E-state index in [4.69, 9.17) is 0 Å². The molecular formula is C10H18. The SMILES string of the molecule is CC(C)C1CC=CC1(C)C. The summed E-state index contributed by atoms with van der Waals surface area (Å²) in [5.41, 5.74) is 0.453. The van der Waals surface area contributed by atoms with E-state index >= 15 is 0 Å². The minimum atomic E-state index is 0.453. The van der Waals surface area contributed by atoms with E-state index < -0.39 is 0 Å². The van der Waals surface area contributed by atoms with Gasteiger partial charge in [0, 0.05) is 0 Å². The lowest BCUT2D eigenvalue weighted by atomic mass is 9.76. The highest BCUT2D eigenvalue weighted by Crippen LogP contribution is 2.41. The van der Waals surface area contributed by atoms with Crippen molar-refractivity contribution < 1.29 is 0 Å². The quantitative estimate of drug-likeness (QED) is 0.488. The van der Waals surface area contributed by atoms with Crippen molar-refractivity contribution in [2.75, 3.05) is 0 Å². The maximum absolute atomic E-state index is 2.36. The van der Waals surface area contributed by atoms with Crippen LogP contribution in [0.1, 0.15) is 34.1 Å². The summed E-state index contributed by atoms with van der Waals surface area (Å²) >= 11 is 0. The second-order valence-corrected chi connectivity index (χ2v) is 4.31. The average Bonchev–Trinajstić information content (AvgIpc) is 2.08. The third-order valence-corrected chi connectivity index (χ3v) is 2.70. The topological polar surface area (TPSA) is 0 Å². The van der Waals surface area contributed by atoms with Crippen LogP contribution in [0.4, 0.5) is 0 Å². The normalized spacial score (nSPS) is 29.9. The molecule has 0 radical (unpaired) electrons. The minimum absolute atomic E-state index is 0.453. The van der Waals surface area contributed by atoms with Crippen LogP contribution in [0, 0.1) is 17.3 Å². The van der Waals surface area contributed by atoms with Crippen molar-refractivity contribution in [2.24, 2.45) is 17.3 Å². The zero-order chi connectivity index (χ0) is 7.78. The molecular weight excluding hydrogens is 120 g/mol. The summed E-state index contributed by atoms with van der Waals surface area (Å²) in [5, 5.41) is 0. The van der Waals surface area contributed by atoms with Crippen molar-refractivity contribution >= 4 is 0 Å². The van der Waals surface area contributed by atoms with Gasteiger partial charge in [-0.2, -0.15) is 0 Å². The Morgan fingerprint density at radius 2 is 2.00 bits per heavy atom. The smallest absolute Gasteiger partial charge is 0.0141 e. The molecule has 0 fully saturated rings. The van der Waals surface area contributed by atoms with Gasteiger partial charge in [-0.05, 0) is 23.7 Å². The van der Waals surface area contributed by atoms with E-state index in [-0.39, 0.29) is 0 Å². The highest BCUT2D eigenvalue weighted by Gasteiger charge is 2.31. The molecule has 1 unspecified atom stereocenters. The lowest BCUT2D eigenvalue weighted by molar-refractivity contribution is 0.233. The molecule has 1 rings (SSSR count). The molecule has 0 heterocycles. The Labute approximate surface area is 64.3 Å². The largest absolute Gasteiger partial charge is 0.0877 e. The van der Waals surface area contributed by atoms with Gasteiger partial charge in [0.15, 0.2) is 0 Å². The highest BCUT2D eigenvalue weighted by atomic mass is 14.4. The standard InChI is InChI=1S/C10H18/c1-8(2)9-6-5-7-10(9,3)4/h5,7-9H,6H2,1-4H3. The fraction of sp³-hybridized carbons (Fsp3) is 0.800. The van der Waals surface area contributed by atoms with Gasteiger partial charge in [0.05, 0.1) is 0 Å². The summed E-state index contributed by atoms with van der Waals surface area (Å²) in [6.07, 6.45) is 5.97. The monoisotopic (exact) mass is 138 g/mol. The van der Waals surface area contributed by atoms with Crippen LogP contribution in [-0.2, 0) is 0 Å². The predicted octanol–water partition coefficient (Wildman–Crippen LogP) is 3.24. The second-order valence-electron chi connectivity index (χ2n) is 4.31. The van der Waals surface area contributed by atoms with E-state index in [2.05, 4.69) is 39.8 Å². The van der Waals surface area contributed by atoms with Crippen molar-refractivity contribution in [1.82, 2.24) is 0 Å². The van der Waals surface area contributed by atoms with Gasteiger partial charge in [-0.15, -0.1) is 0 Å². The molecule has 1 aliphatic carbocycles. The molecule has 0 bridgehead atoms. The highest BCUT2D eigenvalue weighted by molar-refractivity contribution is 5.07. The van der Waals surface area contributed by atoms with Gasteiger partial charge in [-0.3, -0.25) is 0 Å². The van der Waals surface area contributed by atoms with Crippen molar-refractivity contribution in [3.05, 3.63) is 12.2 Å². The van der Waals surface area contributed by atoms with Crippen LogP contribution in [0.25, 0.3) is 0 Å². The van der Waals surface area contributed by atoms with Crippen LogP contribution in [0.3, 0.4) is 0 Å². The number of hydrogen-bond donors (Lipinski definition) is 0. The molecule has 1 aliphatic rings. The second kappa shape index (κ2) is 2.41. The summed E-state index contributed by atoms with van der Waals surface area (Å²) in [7, 11) is 0. The molecule has 58 valence electrons. The van der Waals surface area contributed by atoms with Gasteiger partial charge in [-0.25, -0.2) is 0 Å². The summed E-state index contributed by atoms with van der Waals surface area (Å²) in [4.78, 5) is 0. The van der Waals surface area contributed by atoms with Crippen LogP contribution >= 0.6 is 0 Å². The minimum Gasteiger partial charge on any atom is -0.0877 e. The summed E-state index contributed by atoms with van der Waals surface area (Å²) in [5.74, 6) is 1.69. The van der Waals surface area contributed by atoms with Crippen molar-refractivity contribution in [2.45, 2.75) is 34.1 Å². The molecule has 0 saturated carbocycles. The maximum atomic E-state index is 2.36. The fourth-order valence-electron chi connectivity index (χ4n) is 2.08. The first kappa shape index (κ1) is 7.84. The molecule has 0 saturated heterocycles. The molecule has 0 heteroatoms. The first-order valence-corrected chi connectivity index (χ1v) is 4.22. The molecule has 0 N–H and O–H groups in total. The van der Waals surface area contributed by atoms with Crippen molar-refractivity contribution in [3.63, 3.8) is 0 Å². The molecule has 0 amide bonds. The lowest BCUT2D eigenvalue weighted by Gasteiger charge is -2.29. The molecule has 0 aliphatic heterocycles. The lowest BCUT2D eigenvalue weighted by Crippen LogP contribution is -2.22. The van der Waals surface area contributed by atoms with E-state index in [0.717, 1.165) is 11.8 Å². The van der Waals surface area contributed by atoms with Gasteiger partial charge < -0.3 is 0 Å². The molecule has 1 atom stereocenters. The van der Waals surface area contributed by atoms with Gasteiger partial charge in [0.1, 0.15) is 0 Å². The Kier molecular flexibility index (Phi) is 1.89. The third-order valence-electron chi connectivity index (χ3n) is 2.70. The van der Waals surface area contributed by atoms with E-state index in [1.165, 1.54) is 6.42 Å². The van der Waals surface area contributed by atoms with Crippen LogP contribution in [0.5, 0.6) is 0 Å². The van der Waals surface area contributed by atoms with Gasteiger partial charge in [-0.1, -0.05) is 39.8 Å². The third kappa shape index (κ3) is 1.25.